The molecule has 2 atom stereocenters. The van der Waals surface area contributed by atoms with Crippen LogP contribution < -0.4 is 0 Å². The third-order valence-corrected chi connectivity index (χ3v) is 4.98. The van der Waals surface area contributed by atoms with Gasteiger partial charge in [0.05, 0.1) is 0 Å². The lowest BCUT2D eigenvalue weighted by Crippen LogP contribution is -2.43. The minimum absolute atomic E-state index is 0.0578. The first-order valence-corrected chi connectivity index (χ1v) is 6.23. The minimum atomic E-state index is -2.01. The first kappa shape index (κ1) is 17.4. The Kier molecular flexibility index (Phi) is 5.85. The molecule has 2 unspecified atom stereocenters. The molecule has 8 nitrogen and oxygen atoms in total. The summed E-state index contributed by atoms with van der Waals surface area (Å²) in [5, 5.41) is 40.0. The van der Waals surface area contributed by atoms with Gasteiger partial charge in [-0.15, -0.1) is 0 Å². The van der Waals surface area contributed by atoms with Crippen molar-refractivity contribution in [1.82, 2.24) is 0 Å². The Morgan fingerprint density at radius 3 is 1.33 bits per heavy atom. The van der Waals surface area contributed by atoms with Crippen LogP contribution in [0.1, 0.15) is 13.8 Å². The number of nitro groups is 2. The second kappa shape index (κ2) is 6.04. The molecular formula is C8H12Br2N2O6. The summed E-state index contributed by atoms with van der Waals surface area (Å²) in [7, 11) is 0. The maximum atomic E-state index is 10.9. The quantitative estimate of drug-likeness (QED) is 0.229. The van der Waals surface area contributed by atoms with Crippen molar-refractivity contribution in [3.05, 3.63) is 31.4 Å². The van der Waals surface area contributed by atoms with Gasteiger partial charge in [0.15, 0.2) is 0 Å². The van der Waals surface area contributed by atoms with Gasteiger partial charge >= 0.3 is 8.90 Å². The lowest BCUT2D eigenvalue weighted by atomic mass is 9.99. The van der Waals surface area contributed by atoms with Crippen molar-refractivity contribution in [2.45, 2.75) is 22.7 Å². The molecule has 18 heavy (non-hydrogen) atoms. The van der Waals surface area contributed by atoms with Gasteiger partial charge in [-0.2, -0.15) is 0 Å². The average Bonchev–Trinajstić information content (AvgIpc) is 2.34. The number of aliphatic hydroxyl groups is 2. The Morgan fingerprint density at radius 1 is 1.00 bits per heavy atom. The molecule has 10 heteroatoms. The molecule has 0 aromatic rings. The van der Waals surface area contributed by atoms with Gasteiger partial charge in [-0.05, 0) is 13.8 Å². The zero-order valence-electron chi connectivity index (χ0n) is 9.59. The molecule has 104 valence electrons. The van der Waals surface area contributed by atoms with E-state index in [0.29, 0.717) is 0 Å². The summed E-state index contributed by atoms with van der Waals surface area (Å²) in [4.78, 5) is 20.2. The van der Waals surface area contributed by atoms with E-state index in [1.54, 1.807) is 0 Å². The topological polar surface area (TPSA) is 127 Å². The molecular weight excluding hydrogens is 380 g/mol. The van der Waals surface area contributed by atoms with Crippen molar-refractivity contribution in [1.29, 1.82) is 0 Å². The predicted molar refractivity (Wildman–Crippen MR) is 69.9 cm³/mol. The normalized spacial score (nSPS) is 19.4. The molecule has 0 fully saturated rings. The Labute approximate surface area is 119 Å². The Morgan fingerprint density at radius 2 is 1.22 bits per heavy atom. The van der Waals surface area contributed by atoms with Crippen LogP contribution in [0.4, 0.5) is 0 Å². The van der Waals surface area contributed by atoms with Crippen molar-refractivity contribution in [2.75, 3.05) is 13.2 Å². The SMILES string of the molecule is C/C(=C(\C)C(Br)(CO)[N+](=O)[O-])C(Br)(CO)[N+](=O)[O-]. The Balaban J connectivity index is 5.89. The average molecular weight is 392 g/mol. The van der Waals surface area contributed by atoms with Gasteiger partial charge in [0, 0.05) is 52.9 Å². The number of hydrogen-bond acceptors (Lipinski definition) is 6. The van der Waals surface area contributed by atoms with Gasteiger partial charge in [-0.3, -0.25) is 20.2 Å². The van der Waals surface area contributed by atoms with Crippen molar-refractivity contribution >= 4 is 31.9 Å². The maximum Gasteiger partial charge on any atom is 0.318 e. The number of aliphatic hydroxyl groups excluding tert-OH is 2. The first-order valence-electron chi connectivity index (χ1n) is 4.65. The summed E-state index contributed by atoms with van der Waals surface area (Å²) in [5.41, 5.74) is -0.116. The van der Waals surface area contributed by atoms with Crippen LogP contribution in [0.5, 0.6) is 0 Å². The number of nitrogens with zero attached hydrogens (tertiary/aromatic N) is 2. The van der Waals surface area contributed by atoms with Gasteiger partial charge in [0.2, 0.25) is 0 Å². The fourth-order valence-corrected chi connectivity index (χ4v) is 1.80. The second-order valence-corrected chi connectivity index (χ2v) is 6.22. The summed E-state index contributed by atoms with van der Waals surface area (Å²) in [5.74, 6) is 0. The number of halogens is 2. The molecule has 0 aromatic carbocycles. The highest BCUT2D eigenvalue weighted by molar-refractivity contribution is 9.10. The molecule has 0 saturated carbocycles. The highest BCUT2D eigenvalue weighted by Gasteiger charge is 2.49. The lowest BCUT2D eigenvalue weighted by Gasteiger charge is -2.24. The summed E-state index contributed by atoms with van der Waals surface area (Å²) in [6.07, 6.45) is 0. The van der Waals surface area contributed by atoms with Crippen LogP contribution in [0.2, 0.25) is 0 Å². The fraction of sp³-hybridized carbons (Fsp3) is 0.750. The number of rotatable bonds is 6. The Hall–Kier alpha value is -0.580. The number of alkyl halides is 2. The highest BCUT2D eigenvalue weighted by atomic mass is 79.9. The van der Waals surface area contributed by atoms with E-state index in [2.05, 4.69) is 31.9 Å². The standard InChI is InChI=1S/C8H12Br2N2O6/c1-5(7(9,3-13)11(15)16)6(2)8(10,4-14)12(17)18/h13-14H,3-4H2,1-2H3/b6-5-. The van der Waals surface area contributed by atoms with Gasteiger partial charge in [0.1, 0.15) is 13.2 Å². The summed E-state index contributed by atoms with van der Waals surface area (Å²) < 4.78 is -4.03. The van der Waals surface area contributed by atoms with E-state index >= 15 is 0 Å². The largest absolute Gasteiger partial charge is 0.387 e. The van der Waals surface area contributed by atoms with Gasteiger partial charge in [-0.25, -0.2) is 0 Å². The van der Waals surface area contributed by atoms with E-state index in [9.17, 15) is 20.2 Å². The van der Waals surface area contributed by atoms with E-state index in [1.165, 1.54) is 13.8 Å². The van der Waals surface area contributed by atoms with Crippen LogP contribution in [0.25, 0.3) is 0 Å². The molecule has 0 spiro atoms. The third-order valence-electron chi connectivity index (χ3n) is 2.71. The molecule has 0 aromatic heterocycles. The van der Waals surface area contributed by atoms with Gasteiger partial charge in [0.25, 0.3) is 0 Å². The van der Waals surface area contributed by atoms with E-state index in [-0.39, 0.29) is 11.1 Å². The smallest absolute Gasteiger partial charge is 0.318 e. The van der Waals surface area contributed by atoms with Crippen molar-refractivity contribution in [3.8, 4) is 0 Å². The highest BCUT2D eigenvalue weighted by Crippen LogP contribution is 2.37. The van der Waals surface area contributed by atoms with E-state index < -0.39 is 32.0 Å². The summed E-state index contributed by atoms with van der Waals surface area (Å²) in [6.45, 7) is 0.793. The van der Waals surface area contributed by atoms with Crippen molar-refractivity contribution in [2.24, 2.45) is 0 Å². The molecule has 0 heterocycles. The predicted octanol–water partition coefficient (Wildman–Crippen LogP) is 1.04. The zero-order valence-corrected chi connectivity index (χ0v) is 12.8. The van der Waals surface area contributed by atoms with Crippen molar-refractivity contribution < 1.29 is 20.1 Å². The van der Waals surface area contributed by atoms with E-state index in [0.717, 1.165) is 0 Å². The van der Waals surface area contributed by atoms with Gasteiger partial charge in [-0.1, -0.05) is 0 Å². The van der Waals surface area contributed by atoms with Crippen LogP contribution in [0, 0.1) is 20.2 Å². The molecule has 0 bridgehead atoms. The second-order valence-electron chi connectivity index (χ2n) is 3.60. The van der Waals surface area contributed by atoms with Crippen LogP contribution in [0.3, 0.4) is 0 Å². The molecule has 2 N–H and O–H groups in total. The van der Waals surface area contributed by atoms with Crippen molar-refractivity contribution in [3.63, 3.8) is 0 Å². The molecule has 0 radical (unpaired) electrons. The van der Waals surface area contributed by atoms with Gasteiger partial charge < -0.3 is 10.2 Å². The fourth-order valence-electron chi connectivity index (χ4n) is 1.20. The first-order chi connectivity index (χ1) is 8.07. The van der Waals surface area contributed by atoms with E-state index in [1.807, 2.05) is 0 Å². The van der Waals surface area contributed by atoms with E-state index in [4.69, 9.17) is 10.2 Å². The summed E-state index contributed by atoms with van der Waals surface area (Å²) in [6, 6.07) is 0. The van der Waals surface area contributed by atoms with Crippen LogP contribution in [0.15, 0.2) is 11.1 Å². The monoisotopic (exact) mass is 390 g/mol. The molecule has 0 saturated heterocycles. The van der Waals surface area contributed by atoms with Crippen LogP contribution in [-0.2, 0) is 0 Å². The molecule has 0 rings (SSSR count). The summed E-state index contributed by atoms with van der Waals surface area (Å²) >= 11 is 5.51. The van der Waals surface area contributed by atoms with Crippen LogP contribution >= 0.6 is 31.9 Å². The zero-order chi connectivity index (χ0) is 14.7. The van der Waals surface area contributed by atoms with Crippen LogP contribution in [-0.4, -0.2) is 42.2 Å². The maximum absolute atomic E-state index is 10.9. The minimum Gasteiger partial charge on any atom is -0.387 e. The number of hydrogen-bond donors (Lipinski definition) is 2. The molecule has 0 aliphatic rings. The Bertz CT molecular complexity index is 365. The lowest BCUT2D eigenvalue weighted by molar-refractivity contribution is -0.534. The molecule has 0 aliphatic heterocycles. The third kappa shape index (κ3) is 2.87. The molecule has 0 amide bonds. The molecule has 0 aliphatic carbocycles.